The van der Waals surface area contributed by atoms with Crippen LogP contribution < -0.4 is 16.0 Å². The molecule has 0 aliphatic carbocycles. The van der Waals surface area contributed by atoms with Crippen molar-refractivity contribution in [2.75, 3.05) is 25.0 Å². The number of rotatable bonds is 6. The van der Waals surface area contributed by atoms with Crippen LogP contribution in [0.5, 0.6) is 0 Å². The van der Waals surface area contributed by atoms with Gasteiger partial charge in [-0.2, -0.15) is 0 Å². The number of halogens is 1. The molecule has 1 aromatic carbocycles. The molecule has 5 amide bonds. The standard InChI is InChI=1S/C15H17ClN4O4/c1-9-10(16)3-2-4-11(9)19-12(21)5-6-17-13(22)8-20-14(23)7-18-15(20)24/h2-4H,5-8H2,1H3,(H,17,22)(H,18,24)(H,19,21). The van der Waals surface area contributed by atoms with E-state index in [2.05, 4.69) is 16.0 Å². The van der Waals surface area contributed by atoms with Crippen molar-refractivity contribution >= 4 is 41.0 Å². The molecular weight excluding hydrogens is 336 g/mol. The molecule has 0 radical (unpaired) electrons. The van der Waals surface area contributed by atoms with Gasteiger partial charge in [0.2, 0.25) is 11.8 Å². The fraction of sp³-hybridized carbons (Fsp3) is 0.333. The molecule has 0 bridgehead atoms. The van der Waals surface area contributed by atoms with E-state index in [1.165, 1.54) is 0 Å². The van der Waals surface area contributed by atoms with E-state index in [0.29, 0.717) is 10.7 Å². The van der Waals surface area contributed by atoms with Gasteiger partial charge < -0.3 is 16.0 Å². The lowest BCUT2D eigenvalue weighted by atomic mass is 10.2. The number of nitrogens with one attached hydrogen (secondary N) is 3. The Morgan fingerprint density at radius 2 is 2.04 bits per heavy atom. The Morgan fingerprint density at radius 1 is 1.29 bits per heavy atom. The van der Waals surface area contributed by atoms with E-state index in [-0.39, 0.29) is 32.0 Å². The van der Waals surface area contributed by atoms with Crippen molar-refractivity contribution in [3.63, 3.8) is 0 Å². The molecule has 0 unspecified atom stereocenters. The minimum absolute atomic E-state index is 0.0534. The summed E-state index contributed by atoms with van der Waals surface area (Å²) in [6.45, 7) is 1.42. The summed E-state index contributed by atoms with van der Waals surface area (Å²) in [6.07, 6.45) is 0.0534. The van der Waals surface area contributed by atoms with Gasteiger partial charge in [0.25, 0.3) is 5.91 Å². The molecular formula is C15H17ClN4O4. The van der Waals surface area contributed by atoms with Gasteiger partial charge in [0, 0.05) is 23.7 Å². The summed E-state index contributed by atoms with van der Waals surface area (Å²) < 4.78 is 0. The molecule has 1 fully saturated rings. The first-order valence-electron chi connectivity index (χ1n) is 7.28. The zero-order valence-electron chi connectivity index (χ0n) is 13.0. The van der Waals surface area contributed by atoms with Crippen molar-refractivity contribution in [2.24, 2.45) is 0 Å². The molecule has 9 heteroatoms. The second kappa shape index (κ2) is 7.78. The minimum Gasteiger partial charge on any atom is -0.354 e. The molecule has 1 aliphatic rings. The normalized spacial score (nSPS) is 13.7. The van der Waals surface area contributed by atoms with Crippen molar-refractivity contribution in [2.45, 2.75) is 13.3 Å². The van der Waals surface area contributed by atoms with Crippen molar-refractivity contribution < 1.29 is 19.2 Å². The molecule has 8 nitrogen and oxygen atoms in total. The molecule has 0 aromatic heterocycles. The SMILES string of the molecule is Cc1c(Cl)cccc1NC(=O)CCNC(=O)CN1C(=O)CNC1=O. The van der Waals surface area contributed by atoms with Gasteiger partial charge in [0.15, 0.2) is 0 Å². The molecule has 0 saturated carbocycles. The van der Waals surface area contributed by atoms with Crippen LogP contribution in [0.3, 0.4) is 0 Å². The fourth-order valence-corrected chi connectivity index (χ4v) is 2.26. The second-order valence-electron chi connectivity index (χ2n) is 5.20. The van der Waals surface area contributed by atoms with E-state index >= 15 is 0 Å². The Kier molecular flexibility index (Phi) is 5.75. The molecule has 1 aromatic rings. The van der Waals surface area contributed by atoms with E-state index in [0.717, 1.165) is 10.5 Å². The molecule has 1 saturated heterocycles. The molecule has 0 atom stereocenters. The van der Waals surface area contributed by atoms with Crippen LogP contribution in [0.1, 0.15) is 12.0 Å². The van der Waals surface area contributed by atoms with Gasteiger partial charge in [-0.25, -0.2) is 4.79 Å². The summed E-state index contributed by atoms with van der Waals surface area (Å²) in [5.41, 5.74) is 1.37. The van der Waals surface area contributed by atoms with E-state index in [1.54, 1.807) is 25.1 Å². The Labute approximate surface area is 143 Å². The smallest absolute Gasteiger partial charge is 0.325 e. The lowest BCUT2D eigenvalue weighted by molar-refractivity contribution is -0.130. The number of urea groups is 1. The molecule has 2 rings (SSSR count). The number of amides is 5. The number of carbonyl (C=O) groups is 4. The third-order valence-electron chi connectivity index (χ3n) is 3.45. The van der Waals surface area contributed by atoms with Crippen LogP contribution in [0, 0.1) is 6.92 Å². The highest BCUT2D eigenvalue weighted by Gasteiger charge is 2.29. The third-order valence-corrected chi connectivity index (χ3v) is 3.86. The van der Waals surface area contributed by atoms with Crippen LogP contribution in [0.4, 0.5) is 10.5 Å². The van der Waals surface area contributed by atoms with Gasteiger partial charge in [-0.15, -0.1) is 0 Å². The first-order valence-corrected chi connectivity index (χ1v) is 7.66. The average molecular weight is 353 g/mol. The highest BCUT2D eigenvalue weighted by Crippen LogP contribution is 2.22. The maximum Gasteiger partial charge on any atom is 0.325 e. The lowest BCUT2D eigenvalue weighted by Crippen LogP contribution is -2.41. The number of benzene rings is 1. The zero-order chi connectivity index (χ0) is 17.7. The Bertz CT molecular complexity index is 676. The van der Waals surface area contributed by atoms with Gasteiger partial charge in [-0.3, -0.25) is 19.3 Å². The number of hydrogen-bond acceptors (Lipinski definition) is 4. The Balaban J connectivity index is 1.74. The van der Waals surface area contributed by atoms with E-state index < -0.39 is 17.8 Å². The Morgan fingerprint density at radius 3 is 2.71 bits per heavy atom. The molecule has 24 heavy (non-hydrogen) atoms. The molecule has 0 spiro atoms. The van der Waals surface area contributed by atoms with Crippen LogP contribution in [0.25, 0.3) is 0 Å². The Hall–Kier alpha value is -2.61. The summed E-state index contributed by atoms with van der Waals surface area (Å²) in [5, 5.41) is 8.07. The van der Waals surface area contributed by atoms with E-state index in [9.17, 15) is 19.2 Å². The average Bonchev–Trinajstić information content (AvgIpc) is 2.84. The monoisotopic (exact) mass is 352 g/mol. The first kappa shape index (κ1) is 17.7. The van der Waals surface area contributed by atoms with Crippen molar-refractivity contribution in [3.05, 3.63) is 28.8 Å². The number of hydrogen-bond donors (Lipinski definition) is 3. The van der Waals surface area contributed by atoms with Crippen LogP contribution in [-0.2, 0) is 14.4 Å². The maximum atomic E-state index is 11.9. The zero-order valence-corrected chi connectivity index (χ0v) is 13.8. The predicted molar refractivity (Wildman–Crippen MR) is 87.6 cm³/mol. The highest BCUT2D eigenvalue weighted by molar-refractivity contribution is 6.31. The number of carbonyl (C=O) groups excluding carboxylic acids is 4. The topological polar surface area (TPSA) is 108 Å². The first-order chi connectivity index (χ1) is 11.4. The van der Waals surface area contributed by atoms with Gasteiger partial charge in [-0.05, 0) is 24.6 Å². The number of anilines is 1. The van der Waals surface area contributed by atoms with Gasteiger partial charge in [0.05, 0.1) is 6.54 Å². The second-order valence-corrected chi connectivity index (χ2v) is 5.61. The van der Waals surface area contributed by atoms with Crippen LogP contribution in [-0.4, -0.2) is 48.3 Å². The fourth-order valence-electron chi connectivity index (χ4n) is 2.09. The highest BCUT2D eigenvalue weighted by atomic mass is 35.5. The van der Waals surface area contributed by atoms with Crippen molar-refractivity contribution in [1.29, 1.82) is 0 Å². The largest absolute Gasteiger partial charge is 0.354 e. The van der Waals surface area contributed by atoms with Crippen LogP contribution in [0.2, 0.25) is 5.02 Å². The van der Waals surface area contributed by atoms with Crippen molar-refractivity contribution in [1.82, 2.24) is 15.5 Å². The summed E-state index contributed by atoms with van der Waals surface area (Å²) in [5.74, 6) is -1.24. The lowest BCUT2D eigenvalue weighted by Gasteiger charge is -2.12. The third kappa shape index (κ3) is 4.45. The summed E-state index contributed by atoms with van der Waals surface area (Å²) in [6, 6.07) is 4.59. The molecule has 3 N–H and O–H groups in total. The van der Waals surface area contributed by atoms with E-state index in [1.807, 2.05) is 0 Å². The summed E-state index contributed by atoms with van der Waals surface area (Å²) >= 11 is 5.97. The summed E-state index contributed by atoms with van der Waals surface area (Å²) in [7, 11) is 0. The quantitative estimate of drug-likeness (QED) is 0.653. The van der Waals surface area contributed by atoms with Gasteiger partial charge in [0.1, 0.15) is 6.54 Å². The molecule has 1 aliphatic heterocycles. The van der Waals surface area contributed by atoms with Gasteiger partial charge in [-0.1, -0.05) is 17.7 Å². The number of imide groups is 1. The molecule has 1 heterocycles. The predicted octanol–water partition coefficient (Wildman–Crippen LogP) is 0.645. The summed E-state index contributed by atoms with van der Waals surface area (Å²) in [4.78, 5) is 47.0. The van der Waals surface area contributed by atoms with Crippen molar-refractivity contribution in [3.8, 4) is 0 Å². The van der Waals surface area contributed by atoms with E-state index in [4.69, 9.17) is 11.6 Å². The molecule has 128 valence electrons. The maximum absolute atomic E-state index is 11.9. The number of nitrogens with zero attached hydrogens (tertiary/aromatic N) is 1. The van der Waals surface area contributed by atoms with Crippen LogP contribution >= 0.6 is 11.6 Å². The van der Waals surface area contributed by atoms with Crippen LogP contribution in [0.15, 0.2) is 18.2 Å². The minimum atomic E-state index is -0.593. The van der Waals surface area contributed by atoms with Gasteiger partial charge >= 0.3 is 6.03 Å².